The lowest BCUT2D eigenvalue weighted by atomic mass is 10.1. The highest BCUT2D eigenvalue weighted by atomic mass is 35.5. The summed E-state index contributed by atoms with van der Waals surface area (Å²) in [4.78, 5) is 33.1. The number of anilines is 1. The van der Waals surface area contributed by atoms with E-state index in [0.717, 1.165) is 57.3 Å². The van der Waals surface area contributed by atoms with Gasteiger partial charge < -0.3 is 25.5 Å². The van der Waals surface area contributed by atoms with Gasteiger partial charge in [0.05, 0.1) is 21.9 Å². The Labute approximate surface area is 220 Å². The van der Waals surface area contributed by atoms with Crippen molar-refractivity contribution >= 4 is 45.1 Å². The number of aliphatic carboxylic acids is 1. The van der Waals surface area contributed by atoms with E-state index in [9.17, 15) is 23.1 Å². The molecule has 11 nitrogen and oxygen atoms in total. The Hall–Kier alpha value is -3.35. The molecule has 198 valence electrons. The van der Waals surface area contributed by atoms with E-state index in [-0.39, 0.29) is 15.5 Å². The molecule has 0 aromatic heterocycles. The summed E-state index contributed by atoms with van der Waals surface area (Å²) in [6, 6.07) is 12.5. The fourth-order valence-corrected chi connectivity index (χ4v) is 5.61. The summed E-state index contributed by atoms with van der Waals surface area (Å²) in [6.07, 6.45) is -0.995. The molecule has 1 saturated heterocycles. The van der Waals surface area contributed by atoms with Crippen molar-refractivity contribution in [2.24, 2.45) is 4.99 Å². The van der Waals surface area contributed by atoms with Crippen molar-refractivity contribution in [3.8, 4) is 0 Å². The van der Waals surface area contributed by atoms with Gasteiger partial charge in [-0.15, -0.1) is 0 Å². The standard InChI is InChI=1S/C24H29ClN6O5S/c25-20-15-17(30-11-13-31(14-12-30)24-26-9-4-10-27-24)7-8-19(20)23(34)28-21(16-22(32)33)29-37(35,36)18-5-2-1-3-6-18/h1-3,5-8,15,21,29H,4,9-14,16H2,(H,26,27)(H,28,34)(H,32,33). The SMILES string of the molecule is O=C(O)CC(NC(=O)c1ccc(N2CCN(C3=NCCCN3)CC2)cc1Cl)NS(=O)(=O)c1ccccc1. The summed E-state index contributed by atoms with van der Waals surface area (Å²) >= 11 is 6.43. The van der Waals surface area contributed by atoms with Gasteiger partial charge in [0.15, 0.2) is 5.96 Å². The highest BCUT2D eigenvalue weighted by molar-refractivity contribution is 7.89. The maximum atomic E-state index is 12.9. The predicted octanol–water partition coefficient (Wildman–Crippen LogP) is 1.32. The van der Waals surface area contributed by atoms with E-state index in [4.69, 9.17) is 11.6 Å². The zero-order valence-corrected chi connectivity index (χ0v) is 21.6. The number of benzene rings is 2. The maximum absolute atomic E-state index is 12.9. The Balaban J connectivity index is 1.41. The molecule has 37 heavy (non-hydrogen) atoms. The fourth-order valence-electron chi connectivity index (χ4n) is 4.18. The summed E-state index contributed by atoms with van der Waals surface area (Å²) in [5.41, 5.74) is 0.964. The number of carboxylic acids is 1. The molecule has 2 aliphatic rings. The number of piperazine rings is 1. The minimum absolute atomic E-state index is 0.0477. The minimum atomic E-state index is -4.06. The molecule has 0 radical (unpaired) electrons. The lowest BCUT2D eigenvalue weighted by molar-refractivity contribution is -0.137. The van der Waals surface area contributed by atoms with Gasteiger partial charge >= 0.3 is 5.97 Å². The summed E-state index contributed by atoms with van der Waals surface area (Å²) < 4.78 is 27.5. The van der Waals surface area contributed by atoms with E-state index in [1.54, 1.807) is 36.4 Å². The van der Waals surface area contributed by atoms with Crippen molar-refractivity contribution in [1.82, 2.24) is 20.3 Å². The molecule has 2 heterocycles. The number of amides is 1. The number of rotatable bonds is 8. The van der Waals surface area contributed by atoms with Gasteiger partial charge in [0, 0.05) is 45.0 Å². The Morgan fingerprint density at radius 2 is 1.78 bits per heavy atom. The number of hydrogen-bond acceptors (Lipinski definition) is 8. The third kappa shape index (κ3) is 6.90. The average Bonchev–Trinajstić information content (AvgIpc) is 2.89. The van der Waals surface area contributed by atoms with Crippen molar-refractivity contribution in [2.45, 2.75) is 23.9 Å². The number of nitrogens with one attached hydrogen (secondary N) is 3. The van der Waals surface area contributed by atoms with Crippen molar-refractivity contribution in [3.05, 3.63) is 59.1 Å². The van der Waals surface area contributed by atoms with Crippen LogP contribution < -0.4 is 20.3 Å². The minimum Gasteiger partial charge on any atom is -0.481 e. The van der Waals surface area contributed by atoms with Gasteiger partial charge in [0.2, 0.25) is 10.0 Å². The quantitative estimate of drug-likeness (QED) is 0.362. The van der Waals surface area contributed by atoms with E-state index in [1.165, 1.54) is 12.1 Å². The molecule has 4 N–H and O–H groups in total. The molecule has 0 aliphatic carbocycles. The molecule has 13 heteroatoms. The smallest absolute Gasteiger partial charge is 0.306 e. The fraction of sp³-hybridized carbons (Fsp3) is 0.375. The normalized spacial score (nSPS) is 16.9. The van der Waals surface area contributed by atoms with Crippen LogP contribution in [0.3, 0.4) is 0 Å². The van der Waals surface area contributed by atoms with E-state index >= 15 is 0 Å². The van der Waals surface area contributed by atoms with Crippen LogP contribution in [0.4, 0.5) is 5.69 Å². The highest BCUT2D eigenvalue weighted by Gasteiger charge is 2.26. The molecule has 1 fully saturated rings. The van der Waals surface area contributed by atoms with Crippen molar-refractivity contribution in [1.29, 1.82) is 0 Å². The van der Waals surface area contributed by atoms with Crippen molar-refractivity contribution < 1.29 is 23.1 Å². The molecule has 2 aromatic carbocycles. The highest BCUT2D eigenvalue weighted by Crippen LogP contribution is 2.25. The van der Waals surface area contributed by atoms with Gasteiger partial charge in [-0.3, -0.25) is 14.6 Å². The van der Waals surface area contributed by atoms with Crippen molar-refractivity contribution in [3.63, 3.8) is 0 Å². The number of sulfonamides is 1. The van der Waals surface area contributed by atoms with Gasteiger partial charge in [0.25, 0.3) is 5.91 Å². The molecule has 2 aliphatic heterocycles. The Bertz CT molecular complexity index is 1270. The predicted molar refractivity (Wildman–Crippen MR) is 140 cm³/mol. The lowest BCUT2D eigenvalue weighted by Gasteiger charge is -2.38. The van der Waals surface area contributed by atoms with Crippen LogP contribution in [0.2, 0.25) is 5.02 Å². The van der Waals surface area contributed by atoms with Crippen LogP contribution in [-0.2, 0) is 14.8 Å². The maximum Gasteiger partial charge on any atom is 0.306 e. The molecule has 2 aromatic rings. The van der Waals surface area contributed by atoms with E-state index in [0.29, 0.717) is 0 Å². The van der Waals surface area contributed by atoms with E-state index < -0.39 is 34.5 Å². The Morgan fingerprint density at radius 1 is 1.08 bits per heavy atom. The third-order valence-electron chi connectivity index (χ3n) is 6.06. The first-order valence-electron chi connectivity index (χ1n) is 11.9. The second-order valence-electron chi connectivity index (χ2n) is 8.68. The van der Waals surface area contributed by atoms with Crippen LogP contribution in [-0.4, -0.2) is 81.7 Å². The lowest BCUT2D eigenvalue weighted by Crippen LogP contribution is -2.53. The average molecular weight is 549 g/mol. The molecular weight excluding hydrogens is 520 g/mol. The number of guanidine groups is 1. The number of aliphatic imine (C=N–C) groups is 1. The molecule has 1 atom stereocenters. The topological polar surface area (TPSA) is 143 Å². The summed E-state index contributed by atoms with van der Waals surface area (Å²) in [6.45, 7) is 4.87. The first kappa shape index (κ1) is 26.7. The van der Waals surface area contributed by atoms with Crippen LogP contribution in [0.25, 0.3) is 0 Å². The number of hydrogen-bond donors (Lipinski definition) is 4. The number of carboxylic acid groups (broad SMARTS) is 1. The van der Waals surface area contributed by atoms with Crippen LogP contribution >= 0.6 is 11.6 Å². The zero-order valence-electron chi connectivity index (χ0n) is 20.1. The molecule has 0 spiro atoms. The van der Waals surface area contributed by atoms with Gasteiger partial charge in [-0.25, -0.2) is 8.42 Å². The van der Waals surface area contributed by atoms with Crippen LogP contribution in [0.1, 0.15) is 23.2 Å². The molecule has 1 amide bonds. The summed E-state index contributed by atoms with van der Waals surface area (Å²) in [5, 5.41) is 15.2. The van der Waals surface area contributed by atoms with Crippen molar-refractivity contribution in [2.75, 3.05) is 44.2 Å². The number of nitrogens with zero attached hydrogens (tertiary/aromatic N) is 3. The van der Waals surface area contributed by atoms with E-state index in [2.05, 4.69) is 30.1 Å². The first-order valence-corrected chi connectivity index (χ1v) is 13.8. The van der Waals surface area contributed by atoms with Gasteiger partial charge in [0.1, 0.15) is 6.17 Å². The van der Waals surface area contributed by atoms with Crippen LogP contribution in [0, 0.1) is 0 Å². The van der Waals surface area contributed by atoms with Gasteiger partial charge in [-0.05, 0) is 36.8 Å². The first-order chi connectivity index (χ1) is 17.7. The number of carbonyl (C=O) groups is 2. The molecule has 0 bridgehead atoms. The van der Waals surface area contributed by atoms with Gasteiger partial charge in [-0.2, -0.15) is 4.72 Å². The Morgan fingerprint density at radius 3 is 2.41 bits per heavy atom. The van der Waals surface area contributed by atoms with Gasteiger partial charge in [-0.1, -0.05) is 29.8 Å². The van der Waals surface area contributed by atoms with E-state index in [1.807, 2.05) is 0 Å². The van der Waals surface area contributed by atoms with Crippen LogP contribution in [0.15, 0.2) is 58.4 Å². The third-order valence-corrected chi connectivity index (χ3v) is 7.86. The molecular formula is C24H29ClN6O5S. The second kappa shape index (κ2) is 11.8. The largest absolute Gasteiger partial charge is 0.481 e. The molecule has 4 rings (SSSR count). The number of halogens is 1. The Kier molecular flexibility index (Phi) is 8.52. The second-order valence-corrected chi connectivity index (χ2v) is 10.8. The molecule has 1 unspecified atom stereocenters. The van der Waals surface area contributed by atoms with Crippen LogP contribution in [0.5, 0.6) is 0 Å². The number of carbonyl (C=O) groups excluding carboxylic acids is 1. The summed E-state index contributed by atoms with van der Waals surface area (Å²) in [7, 11) is -4.06. The molecule has 0 saturated carbocycles. The summed E-state index contributed by atoms with van der Waals surface area (Å²) in [5.74, 6) is -1.03. The zero-order chi connectivity index (χ0) is 26.4. The monoisotopic (exact) mass is 548 g/mol.